The number of halogens is 1. The van der Waals surface area contributed by atoms with Crippen LogP contribution in [-0.4, -0.2) is 36.0 Å². The Morgan fingerprint density at radius 2 is 1.93 bits per heavy atom. The Morgan fingerprint density at radius 1 is 1.07 bits per heavy atom. The van der Waals surface area contributed by atoms with Crippen LogP contribution in [0.4, 0.5) is 5.82 Å². The summed E-state index contributed by atoms with van der Waals surface area (Å²) >= 11 is 8.82. The van der Waals surface area contributed by atoms with E-state index in [2.05, 4.69) is 20.4 Å². The van der Waals surface area contributed by atoms with Crippen LogP contribution in [0.3, 0.4) is 0 Å². The van der Waals surface area contributed by atoms with E-state index in [1.807, 2.05) is 6.07 Å². The molecule has 0 saturated carbocycles. The Balaban J connectivity index is 1.44. The maximum atomic E-state index is 13.5. The zero-order valence-electron chi connectivity index (χ0n) is 21.1. The van der Waals surface area contributed by atoms with Gasteiger partial charge in [-0.3, -0.25) is 19.4 Å². The van der Waals surface area contributed by atoms with Gasteiger partial charge in [-0.1, -0.05) is 11.6 Å². The van der Waals surface area contributed by atoms with Gasteiger partial charge in [0.25, 0.3) is 11.5 Å². The van der Waals surface area contributed by atoms with E-state index in [9.17, 15) is 14.4 Å². The number of carbonyl (C=O) groups is 2. The van der Waals surface area contributed by atoms with E-state index in [4.69, 9.17) is 16.0 Å². The largest absolute Gasteiger partial charge is 0.461 e. The van der Waals surface area contributed by atoms with Crippen molar-refractivity contribution in [2.45, 2.75) is 13.1 Å². The number of nitrogens with one attached hydrogen (secondary N) is 1. The molecule has 41 heavy (non-hydrogen) atoms. The highest BCUT2D eigenvalue weighted by molar-refractivity contribution is 7.16. The molecule has 0 unspecified atom stereocenters. The molecule has 0 aliphatic carbocycles. The molecule has 0 bridgehead atoms. The van der Waals surface area contributed by atoms with Gasteiger partial charge < -0.3 is 14.3 Å². The summed E-state index contributed by atoms with van der Waals surface area (Å²) in [6.07, 6.45) is 6.12. The lowest BCUT2D eigenvalue weighted by Crippen LogP contribution is -2.25. The molecule has 6 rings (SSSR count). The van der Waals surface area contributed by atoms with Gasteiger partial charge in [-0.2, -0.15) is 9.78 Å². The number of ketones is 1. The van der Waals surface area contributed by atoms with Gasteiger partial charge in [-0.05, 0) is 48.0 Å². The van der Waals surface area contributed by atoms with Crippen molar-refractivity contribution in [3.8, 4) is 22.4 Å². The molecule has 0 saturated heterocycles. The summed E-state index contributed by atoms with van der Waals surface area (Å²) in [5, 5.41) is 9.51. The first-order valence-electron chi connectivity index (χ1n) is 12.2. The van der Waals surface area contributed by atoms with Crippen LogP contribution in [0.15, 0.2) is 93.5 Å². The Hall–Kier alpha value is -4.65. The Bertz CT molecular complexity index is 1890. The SMILES string of the molecule is O=C(Cn1cc(-c2cc(NCc3ccc(Cl)s3)n(C(=O)c3cscn3)n2)cc(-c2ccncc2)c1=O)c1ccco1. The summed E-state index contributed by atoms with van der Waals surface area (Å²) in [5.74, 6) is -0.209. The standard InChI is InChI=1S/C28H19ClN6O4S2/c29-25-4-3-19(41-25)12-31-26-11-21(33-35(26)28(38)22-15-40-16-32-22)18-10-20(17-5-7-30-8-6-17)27(37)34(13-18)14-23(36)24-2-1-9-39-24/h1-11,13,15-16,31H,12,14H2. The van der Waals surface area contributed by atoms with Crippen LogP contribution in [-0.2, 0) is 13.1 Å². The van der Waals surface area contributed by atoms with Crippen molar-refractivity contribution >= 4 is 51.8 Å². The fourth-order valence-electron chi connectivity index (χ4n) is 4.16. The molecular weight excluding hydrogens is 584 g/mol. The minimum Gasteiger partial charge on any atom is -0.461 e. The molecule has 0 radical (unpaired) electrons. The van der Waals surface area contributed by atoms with Crippen molar-refractivity contribution in [2.75, 3.05) is 5.32 Å². The van der Waals surface area contributed by atoms with Crippen molar-refractivity contribution in [1.29, 1.82) is 0 Å². The van der Waals surface area contributed by atoms with Crippen LogP contribution in [0.25, 0.3) is 22.4 Å². The fraction of sp³-hybridized carbons (Fsp3) is 0.0714. The highest BCUT2D eigenvalue weighted by Gasteiger charge is 2.21. The molecule has 0 fully saturated rings. The van der Waals surface area contributed by atoms with E-state index in [-0.39, 0.29) is 29.3 Å². The topological polar surface area (TPSA) is 125 Å². The van der Waals surface area contributed by atoms with Crippen molar-refractivity contribution in [3.63, 3.8) is 0 Å². The third kappa shape index (κ3) is 5.66. The number of furan rings is 1. The second-order valence-electron chi connectivity index (χ2n) is 8.78. The number of rotatable bonds is 9. The summed E-state index contributed by atoms with van der Waals surface area (Å²) in [6, 6.07) is 13.7. The van der Waals surface area contributed by atoms with Crippen molar-refractivity contribution < 1.29 is 14.0 Å². The molecular formula is C28H19ClN6O4S2. The van der Waals surface area contributed by atoms with Gasteiger partial charge in [0.2, 0.25) is 5.78 Å². The predicted octanol–water partition coefficient (Wildman–Crippen LogP) is 5.72. The quantitative estimate of drug-likeness (QED) is 0.208. The smallest absolute Gasteiger partial charge is 0.299 e. The number of Topliss-reactive ketones (excluding diaryl/α,β-unsaturated/α-hetero) is 1. The molecule has 0 amide bonds. The number of hydrogen-bond acceptors (Lipinski definition) is 10. The maximum Gasteiger partial charge on any atom is 0.299 e. The Labute approximate surface area is 245 Å². The number of hydrogen-bond donors (Lipinski definition) is 1. The monoisotopic (exact) mass is 602 g/mol. The van der Waals surface area contributed by atoms with Gasteiger partial charge in [0.1, 0.15) is 11.5 Å². The van der Waals surface area contributed by atoms with Crippen LogP contribution in [0, 0.1) is 0 Å². The van der Waals surface area contributed by atoms with Crippen molar-refractivity contribution in [3.05, 3.63) is 115 Å². The zero-order valence-corrected chi connectivity index (χ0v) is 23.4. The van der Waals surface area contributed by atoms with Crippen LogP contribution < -0.4 is 10.9 Å². The maximum absolute atomic E-state index is 13.5. The second-order valence-corrected chi connectivity index (χ2v) is 11.3. The lowest BCUT2D eigenvalue weighted by Gasteiger charge is -2.10. The van der Waals surface area contributed by atoms with Gasteiger partial charge in [0, 0.05) is 46.0 Å². The third-order valence-corrected chi connectivity index (χ3v) is 7.93. The molecule has 10 nitrogen and oxygen atoms in total. The van der Waals surface area contributed by atoms with Gasteiger partial charge in [-0.25, -0.2) is 4.98 Å². The van der Waals surface area contributed by atoms with Crippen LogP contribution in [0.5, 0.6) is 0 Å². The van der Waals surface area contributed by atoms with E-state index in [0.717, 1.165) is 4.88 Å². The number of thiazole rings is 1. The average molecular weight is 603 g/mol. The number of pyridine rings is 2. The van der Waals surface area contributed by atoms with E-state index in [1.165, 1.54) is 38.2 Å². The van der Waals surface area contributed by atoms with E-state index < -0.39 is 5.91 Å². The summed E-state index contributed by atoms with van der Waals surface area (Å²) in [4.78, 5) is 48.9. The van der Waals surface area contributed by atoms with E-state index >= 15 is 0 Å². The van der Waals surface area contributed by atoms with E-state index in [0.29, 0.717) is 39.1 Å². The van der Waals surface area contributed by atoms with Crippen LogP contribution in [0.1, 0.15) is 25.9 Å². The molecule has 0 aliphatic rings. The molecule has 204 valence electrons. The number of thiophene rings is 1. The highest BCUT2D eigenvalue weighted by atomic mass is 35.5. The second kappa shape index (κ2) is 11.5. The first-order chi connectivity index (χ1) is 20.0. The molecule has 13 heteroatoms. The predicted molar refractivity (Wildman–Crippen MR) is 157 cm³/mol. The summed E-state index contributed by atoms with van der Waals surface area (Å²) in [7, 11) is 0. The molecule has 0 spiro atoms. The summed E-state index contributed by atoms with van der Waals surface area (Å²) < 4.78 is 8.46. The Kier molecular flexibility index (Phi) is 7.42. The minimum atomic E-state index is -0.417. The molecule has 6 heterocycles. The number of anilines is 1. The fourth-order valence-corrected chi connectivity index (χ4v) is 5.71. The number of carbonyl (C=O) groups excluding carboxylic acids is 2. The zero-order chi connectivity index (χ0) is 28.3. The molecule has 1 N–H and O–H groups in total. The molecule has 6 aromatic heterocycles. The molecule has 0 aromatic carbocycles. The van der Waals surface area contributed by atoms with Crippen LogP contribution in [0.2, 0.25) is 4.34 Å². The van der Waals surface area contributed by atoms with E-state index in [1.54, 1.807) is 71.9 Å². The van der Waals surface area contributed by atoms with Crippen LogP contribution >= 0.6 is 34.3 Å². The summed E-state index contributed by atoms with van der Waals surface area (Å²) in [6.45, 7) is 0.160. The number of aromatic nitrogens is 5. The molecule has 0 aliphatic heterocycles. The van der Waals surface area contributed by atoms with Crippen molar-refractivity contribution in [2.24, 2.45) is 0 Å². The number of nitrogens with zero attached hydrogens (tertiary/aromatic N) is 5. The van der Waals surface area contributed by atoms with Crippen molar-refractivity contribution in [1.82, 2.24) is 24.3 Å². The first kappa shape index (κ1) is 26.6. The minimum absolute atomic E-state index is 0.145. The third-order valence-electron chi connectivity index (χ3n) is 6.11. The van der Waals surface area contributed by atoms with Gasteiger partial charge >= 0.3 is 0 Å². The Morgan fingerprint density at radius 3 is 2.63 bits per heavy atom. The molecule has 0 atom stereocenters. The average Bonchev–Trinajstić information content (AvgIpc) is 3.80. The normalized spacial score (nSPS) is 11.0. The van der Waals surface area contributed by atoms with Gasteiger partial charge in [0.05, 0.1) is 34.9 Å². The lowest BCUT2D eigenvalue weighted by atomic mass is 10.1. The summed E-state index contributed by atoms with van der Waals surface area (Å²) in [5.41, 5.74) is 3.36. The first-order valence-corrected chi connectivity index (χ1v) is 14.3. The van der Waals surface area contributed by atoms with Gasteiger partial charge in [-0.15, -0.1) is 22.7 Å². The van der Waals surface area contributed by atoms with Gasteiger partial charge in [0.15, 0.2) is 5.76 Å². The highest BCUT2D eigenvalue weighted by Crippen LogP contribution is 2.28. The molecule has 6 aromatic rings. The lowest BCUT2D eigenvalue weighted by molar-refractivity contribution is 0.0936.